The maximum Gasteiger partial charge on any atom is 0.0806 e. The average Bonchev–Trinajstić information content (AvgIpc) is 3.11. The van der Waals surface area contributed by atoms with Gasteiger partial charge in [-0.1, -0.05) is 45.4 Å². The summed E-state index contributed by atoms with van der Waals surface area (Å²) in [4.78, 5) is 0. The standard InChI is InChI=1S/C16H31NO/c1-2-3-4-5-8-13-18-16(11-6-7-12-16)14-17-15-9-10-15/h15,17H,2-14H2,1H3. The second-order valence-electron chi connectivity index (χ2n) is 6.31. The molecule has 2 saturated carbocycles. The Kier molecular flexibility index (Phi) is 5.97. The van der Waals surface area contributed by atoms with Crippen molar-refractivity contribution in [2.75, 3.05) is 13.2 Å². The molecule has 1 N–H and O–H groups in total. The zero-order valence-corrected chi connectivity index (χ0v) is 12.2. The predicted molar refractivity (Wildman–Crippen MR) is 76.9 cm³/mol. The van der Waals surface area contributed by atoms with Crippen LogP contribution in [0.4, 0.5) is 0 Å². The van der Waals surface area contributed by atoms with Crippen LogP contribution in [0.2, 0.25) is 0 Å². The average molecular weight is 253 g/mol. The first-order chi connectivity index (χ1) is 8.85. The highest BCUT2D eigenvalue weighted by Gasteiger charge is 2.36. The van der Waals surface area contributed by atoms with Crippen LogP contribution in [0, 0.1) is 0 Å². The first kappa shape index (κ1) is 14.3. The highest BCUT2D eigenvalue weighted by atomic mass is 16.5. The lowest BCUT2D eigenvalue weighted by Gasteiger charge is -2.30. The van der Waals surface area contributed by atoms with Crippen molar-refractivity contribution in [1.29, 1.82) is 0 Å². The zero-order chi connectivity index (χ0) is 12.7. The van der Waals surface area contributed by atoms with Gasteiger partial charge < -0.3 is 10.1 Å². The first-order valence-corrected chi connectivity index (χ1v) is 8.22. The van der Waals surface area contributed by atoms with Crippen molar-refractivity contribution in [3.8, 4) is 0 Å². The second kappa shape index (κ2) is 7.49. The summed E-state index contributed by atoms with van der Waals surface area (Å²) in [6, 6.07) is 0.815. The Morgan fingerprint density at radius 3 is 2.44 bits per heavy atom. The van der Waals surface area contributed by atoms with Crippen LogP contribution in [0.5, 0.6) is 0 Å². The summed E-state index contributed by atoms with van der Waals surface area (Å²) in [5, 5.41) is 3.68. The van der Waals surface area contributed by atoms with Crippen LogP contribution >= 0.6 is 0 Å². The zero-order valence-electron chi connectivity index (χ0n) is 12.2. The van der Waals surface area contributed by atoms with E-state index >= 15 is 0 Å². The Hall–Kier alpha value is -0.0800. The van der Waals surface area contributed by atoms with Gasteiger partial charge in [-0.2, -0.15) is 0 Å². The largest absolute Gasteiger partial charge is 0.374 e. The Bertz CT molecular complexity index is 219. The molecular weight excluding hydrogens is 222 g/mol. The number of hydrogen-bond donors (Lipinski definition) is 1. The molecule has 2 heteroatoms. The highest BCUT2D eigenvalue weighted by molar-refractivity contribution is 4.92. The van der Waals surface area contributed by atoms with Gasteiger partial charge in [0.25, 0.3) is 0 Å². The number of nitrogens with one attached hydrogen (secondary N) is 1. The first-order valence-electron chi connectivity index (χ1n) is 8.22. The van der Waals surface area contributed by atoms with Gasteiger partial charge in [0.1, 0.15) is 0 Å². The van der Waals surface area contributed by atoms with E-state index < -0.39 is 0 Å². The molecule has 0 aliphatic heterocycles. The van der Waals surface area contributed by atoms with E-state index in [1.165, 1.54) is 70.6 Å². The molecule has 106 valence electrons. The van der Waals surface area contributed by atoms with Crippen molar-refractivity contribution < 1.29 is 4.74 Å². The third kappa shape index (κ3) is 4.89. The molecule has 0 bridgehead atoms. The maximum absolute atomic E-state index is 6.29. The van der Waals surface area contributed by atoms with Crippen LogP contribution in [0.25, 0.3) is 0 Å². The van der Waals surface area contributed by atoms with Crippen LogP contribution in [0.3, 0.4) is 0 Å². The topological polar surface area (TPSA) is 21.3 Å². The molecule has 2 fully saturated rings. The van der Waals surface area contributed by atoms with E-state index in [0.29, 0.717) is 0 Å². The van der Waals surface area contributed by atoms with Crippen molar-refractivity contribution in [2.24, 2.45) is 0 Å². The van der Waals surface area contributed by atoms with E-state index in [2.05, 4.69) is 12.2 Å². The molecule has 18 heavy (non-hydrogen) atoms. The molecule has 0 aromatic heterocycles. The molecule has 0 spiro atoms. The fourth-order valence-corrected chi connectivity index (χ4v) is 3.00. The molecule has 0 unspecified atom stereocenters. The van der Waals surface area contributed by atoms with Gasteiger partial charge in [0.2, 0.25) is 0 Å². The summed E-state index contributed by atoms with van der Waals surface area (Å²) in [5.41, 5.74) is 0.202. The summed E-state index contributed by atoms with van der Waals surface area (Å²) in [5.74, 6) is 0. The number of rotatable bonds is 10. The Balaban J connectivity index is 1.59. The molecule has 0 saturated heterocycles. The smallest absolute Gasteiger partial charge is 0.0806 e. The van der Waals surface area contributed by atoms with Crippen molar-refractivity contribution >= 4 is 0 Å². The van der Waals surface area contributed by atoms with Gasteiger partial charge in [0.15, 0.2) is 0 Å². The Morgan fingerprint density at radius 1 is 1.06 bits per heavy atom. The van der Waals surface area contributed by atoms with E-state index in [4.69, 9.17) is 4.74 Å². The van der Waals surface area contributed by atoms with Gasteiger partial charge in [0.05, 0.1) is 5.60 Å². The van der Waals surface area contributed by atoms with Gasteiger partial charge in [0, 0.05) is 19.2 Å². The van der Waals surface area contributed by atoms with Gasteiger partial charge in [-0.05, 0) is 32.1 Å². The number of ether oxygens (including phenoxy) is 1. The van der Waals surface area contributed by atoms with Crippen LogP contribution in [-0.2, 0) is 4.74 Å². The van der Waals surface area contributed by atoms with E-state index in [9.17, 15) is 0 Å². The summed E-state index contributed by atoms with van der Waals surface area (Å²) in [7, 11) is 0. The Labute approximate surface area is 113 Å². The summed E-state index contributed by atoms with van der Waals surface area (Å²) in [6.45, 7) is 4.36. The molecule has 0 atom stereocenters. The molecule has 0 aromatic rings. The predicted octanol–water partition coefficient (Wildman–Crippen LogP) is 4.04. The molecule has 0 amide bonds. The van der Waals surface area contributed by atoms with Gasteiger partial charge >= 0.3 is 0 Å². The van der Waals surface area contributed by atoms with Crippen LogP contribution < -0.4 is 5.32 Å². The summed E-state index contributed by atoms with van der Waals surface area (Å²) >= 11 is 0. The molecule has 0 radical (unpaired) electrons. The third-order valence-corrected chi connectivity index (χ3v) is 4.46. The third-order valence-electron chi connectivity index (χ3n) is 4.46. The van der Waals surface area contributed by atoms with Crippen molar-refractivity contribution in [3.05, 3.63) is 0 Å². The molecule has 2 aliphatic carbocycles. The fraction of sp³-hybridized carbons (Fsp3) is 1.00. The molecular formula is C16H31NO. The minimum absolute atomic E-state index is 0.202. The van der Waals surface area contributed by atoms with E-state index in [-0.39, 0.29) is 5.60 Å². The van der Waals surface area contributed by atoms with Crippen molar-refractivity contribution in [1.82, 2.24) is 5.32 Å². The maximum atomic E-state index is 6.29. The minimum Gasteiger partial charge on any atom is -0.374 e. The van der Waals surface area contributed by atoms with E-state index in [1.807, 2.05) is 0 Å². The van der Waals surface area contributed by atoms with E-state index in [0.717, 1.165) is 19.2 Å². The fourth-order valence-electron chi connectivity index (χ4n) is 3.00. The number of hydrogen-bond acceptors (Lipinski definition) is 2. The van der Waals surface area contributed by atoms with Crippen molar-refractivity contribution in [3.63, 3.8) is 0 Å². The van der Waals surface area contributed by atoms with Crippen molar-refractivity contribution in [2.45, 2.75) is 89.2 Å². The summed E-state index contributed by atoms with van der Waals surface area (Å²) < 4.78 is 6.29. The van der Waals surface area contributed by atoms with E-state index in [1.54, 1.807) is 0 Å². The van der Waals surface area contributed by atoms with Gasteiger partial charge in [-0.15, -0.1) is 0 Å². The lowest BCUT2D eigenvalue weighted by Crippen LogP contribution is -2.41. The monoisotopic (exact) mass is 253 g/mol. The molecule has 2 nitrogen and oxygen atoms in total. The van der Waals surface area contributed by atoms with Crippen LogP contribution in [0.15, 0.2) is 0 Å². The lowest BCUT2D eigenvalue weighted by atomic mass is 10.0. The van der Waals surface area contributed by atoms with Gasteiger partial charge in [-0.3, -0.25) is 0 Å². The number of unbranched alkanes of at least 4 members (excludes halogenated alkanes) is 4. The molecule has 0 aromatic carbocycles. The molecule has 2 rings (SSSR count). The highest BCUT2D eigenvalue weighted by Crippen LogP contribution is 2.34. The van der Waals surface area contributed by atoms with Crippen LogP contribution in [-0.4, -0.2) is 24.8 Å². The minimum atomic E-state index is 0.202. The lowest BCUT2D eigenvalue weighted by molar-refractivity contribution is -0.0410. The Morgan fingerprint density at radius 2 is 1.78 bits per heavy atom. The molecule has 2 aliphatic rings. The second-order valence-corrected chi connectivity index (χ2v) is 6.31. The normalized spacial score (nSPS) is 22.5. The van der Waals surface area contributed by atoms with Gasteiger partial charge in [-0.25, -0.2) is 0 Å². The molecule has 0 heterocycles. The summed E-state index contributed by atoms with van der Waals surface area (Å²) in [6.07, 6.45) is 14.7. The SMILES string of the molecule is CCCCCCCOC1(CNC2CC2)CCCC1. The van der Waals surface area contributed by atoms with Crippen LogP contribution in [0.1, 0.15) is 77.6 Å². The quantitative estimate of drug-likeness (QED) is 0.593.